The highest BCUT2D eigenvalue weighted by Gasteiger charge is 2.41. The Kier molecular flexibility index (Phi) is 7.81. The number of amides is 2. The van der Waals surface area contributed by atoms with Crippen molar-refractivity contribution in [2.45, 2.75) is 38.6 Å². The molecule has 2 heterocycles. The highest BCUT2D eigenvalue weighted by Crippen LogP contribution is 2.23. The molecular formula is C22H31N3O6S. The van der Waals surface area contributed by atoms with E-state index >= 15 is 0 Å². The summed E-state index contributed by atoms with van der Waals surface area (Å²) in [5, 5.41) is 10.3. The quantitative estimate of drug-likeness (QED) is 0.511. The molecule has 2 amide bonds. The molecule has 0 bridgehead atoms. The van der Waals surface area contributed by atoms with E-state index in [-0.39, 0.29) is 19.1 Å². The van der Waals surface area contributed by atoms with Crippen molar-refractivity contribution in [1.82, 2.24) is 9.21 Å². The lowest BCUT2D eigenvalue weighted by molar-refractivity contribution is -0.177. The number of ether oxygens (including phenoxy) is 2. The van der Waals surface area contributed by atoms with E-state index in [0.717, 1.165) is 13.1 Å². The molecule has 1 aromatic rings. The first kappa shape index (κ1) is 24.5. The van der Waals surface area contributed by atoms with Crippen LogP contribution in [0.2, 0.25) is 0 Å². The number of benzene rings is 1. The standard InChI is InChI=1S/C22H31N3O6S/c1-22(2,3)31-21(29)17(26)18-20(28)25(13-14-30-18)16-7-5-15(6-8-16)19(27)23-9-11-24(32-4)12-10-23/h5-8,17-18,26H,9-14H2,1-4H3. The predicted molar refractivity (Wildman–Crippen MR) is 121 cm³/mol. The Hall–Kier alpha value is -2.14. The number of carbonyl (C=O) groups is 3. The number of anilines is 1. The summed E-state index contributed by atoms with van der Waals surface area (Å²) in [4.78, 5) is 41.2. The van der Waals surface area contributed by atoms with Crippen LogP contribution in [-0.4, -0.2) is 95.5 Å². The van der Waals surface area contributed by atoms with E-state index in [2.05, 4.69) is 4.31 Å². The van der Waals surface area contributed by atoms with Gasteiger partial charge in [0.15, 0.2) is 12.2 Å². The maximum Gasteiger partial charge on any atom is 0.338 e. The predicted octanol–water partition coefficient (Wildman–Crippen LogP) is 1.16. The van der Waals surface area contributed by atoms with E-state index in [1.807, 2.05) is 11.2 Å². The van der Waals surface area contributed by atoms with Gasteiger partial charge in [0.2, 0.25) is 0 Å². The van der Waals surface area contributed by atoms with Gasteiger partial charge in [-0.15, -0.1) is 0 Å². The molecule has 2 fully saturated rings. The molecule has 1 N–H and O–H groups in total. The minimum atomic E-state index is -1.72. The molecule has 2 atom stereocenters. The van der Waals surface area contributed by atoms with Crippen LogP contribution >= 0.6 is 11.9 Å². The van der Waals surface area contributed by atoms with E-state index in [4.69, 9.17) is 9.47 Å². The third kappa shape index (κ3) is 5.80. The molecule has 2 aliphatic rings. The van der Waals surface area contributed by atoms with E-state index in [0.29, 0.717) is 24.3 Å². The number of nitrogens with zero attached hydrogens (tertiary/aromatic N) is 3. The smallest absolute Gasteiger partial charge is 0.338 e. The Morgan fingerprint density at radius 2 is 1.75 bits per heavy atom. The number of morpholine rings is 1. The monoisotopic (exact) mass is 465 g/mol. The second kappa shape index (κ2) is 10.2. The molecule has 2 saturated heterocycles. The summed E-state index contributed by atoms with van der Waals surface area (Å²) in [7, 11) is 0. The molecule has 9 nitrogen and oxygen atoms in total. The van der Waals surface area contributed by atoms with Gasteiger partial charge in [-0.1, -0.05) is 11.9 Å². The van der Waals surface area contributed by atoms with Crippen LogP contribution in [0.1, 0.15) is 31.1 Å². The van der Waals surface area contributed by atoms with Gasteiger partial charge < -0.3 is 24.4 Å². The Morgan fingerprint density at radius 1 is 1.12 bits per heavy atom. The number of hydrogen-bond donors (Lipinski definition) is 1. The molecule has 176 valence electrons. The van der Waals surface area contributed by atoms with Crippen molar-refractivity contribution in [2.24, 2.45) is 0 Å². The van der Waals surface area contributed by atoms with Crippen LogP contribution in [0, 0.1) is 0 Å². The number of carbonyl (C=O) groups excluding carboxylic acids is 3. The average Bonchev–Trinajstić information content (AvgIpc) is 2.77. The van der Waals surface area contributed by atoms with Crippen LogP contribution in [0.4, 0.5) is 5.69 Å². The van der Waals surface area contributed by atoms with Crippen LogP contribution in [0.25, 0.3) is 0 Å². The maximum absolute atomic E-state index is 12.9. The largest absolute Gasteiger partial charge is 0.458 e. The van der Waals surface area contributed by atoms with Gasteiger partial charge in [0.25, 0.3) is 11.8 Å². The number of hydrogen-bond acceptors (Lipinski definition) is 8. The van der Waals surface area contributed by atoms with Crippen molar-refractivity contribution in [2.75, 3.05) is 50.5 Å². The van der Waals surface area contributed by atoms with Crippen LogP contribution < -0.4 is 4.90 Å². The zero-order chi connectivity index (χ0) is 23.5. The summed E-state index contributed by atoms with van der Waals surface area (Å²) < 4.78 is 12.8. The Balaban J connectivity index is 1.65. The number of aliphatic hydroxyl groups is 1. The van der Waals surface area contributed by atoms with Crippen LogP contribution in [0.15, 0.2) is 24.3 Å². The Morgan fingerprint density at radius 3 is 2.31 bits per heavy atom. The molecule has 3 rings (SSSR count). The van der Waals surface area contributed by atoms with Crippen LogP contribution in [-0.2, 0) is 19.1 Å². The minimum absolute atomic E-state index is 0.0381. The summed E-state index contributed by atoms with van der Waals surface area (Å²) in [5.74, 6) is -1.47. The number of piperazine rings is 1. The zero-order valence-corrected chi connectivity index (χ0v) is 19.8. The van der Waals surface area contributed by atoms with Gasteiger partial charge in [0, 0.05) is 44.0 Å². The second-order valence-electron chi connectivity index (χ2n) is 8.71. The fraction of sp³-hybridized carbons (Fsp3) is 0.591. The van der Waals surface area contributed by atoms with Crippen LogP contribution in [0.5, 0.6) is 0 Å². The van der Waals surface area contributed by atoms with Gasteiger partial charge in [-0.3, -0.25) is 9.59 Å². The first-order chi connectivity index (χ1) is 15.1. The number of esters is 1. The Bertz CT molecular complexity index is 833. The lowest BCUT2D eigenvalue weighted by Crippen LogP contribution is -2.55. The molecule has 2 aliphatic heterocycles. The van der Waals surface area contributed by atoms with E-state index in [9.17, 15) is 19.5 Å². The molecular weight excluding hydrogens is 434 g/mol. The first-order valence-corrected chi connectivity index (χ1v) is 11.8. The van der Waals surface area contributed by atoms with Crippen molar-refractivity contribution in [3.63, 3.8) is 0 Å². The van der Waals surface area contributed by atoms with Crippen molar-refractivity contribution in [1.29, 1.82) is 0 Å². The molecule has 0 spiro atoms. The number of rotatable bonds is 5. The third-order valence-electron chi connectivity index (χ3n) is 5.27. The van der Waals surface area contributed by atoms with E-state index in [1.165, 1.54) is 4.90 Å². The van der Waals surface area contributed by atoms with Crippen molar-refractivity contribution in [3.05, 3.63) is 29.8 Å². The second-order valence-corrected chi connectivity index (χ2v) is 9.59. The fourth-order valence-electron chi connectivity index (χ4n) is 3.61. The van der Waals surface area contributed by atoms with Crippen molar-refractivity contribution in [3.8, 4) is 0 Å². The molecule has 1 aromatic carbocycles. The van der Waals surface area contributed by atoms with Gasteiger partial charge >= 0.3 is 5.97 Å². The summed E-state index contributed by atoms with van der Waals surface area (Å²) in [5.41, 5.74) is 0.334. The van der Waals surface area contributed by atoms with Crippen LogP contribution in [0.3, 0.4) is 0 Å². The minimum Gasteiger partial charge on any atom is -0.458 e. The zero-order valence-electron chi connectivity index (χ0n) is 18.9. The van der Waals surface area contributed by atoms with Crippen molar-refractivity contribution >= 4 is 35.4 Å². The lowest BCUT2D eigenvalue weighted by Gasteiger charge is -2.35. The lowest BCUT2D eigenvalue weighted by atomic mass is 10.1. The summed E-state index contributed by atoms with van der Waals surface area (Å²) >= 11 is 1.68. The van der Waals surface area contributed by atoms with Crippen molar-refractivity contribution < 1.29 is 29.0 Å². The SMILES string of the molecule is CSN1CCN(C(=O)c2ccc(N3CCOC(C(O)C(=O)OC(C)(C)C)C3=O)cc2)CC1. The van der Waals surface area contributed by atoms with E-state index < -0.39 is 29.7 Å². The highest BCUT2D eigenvalue weighted by atomic mass is 32.2. The van der Waals surface area contributed by atoms with Gasteiger partial charge in [0.05, 0.1) is 6.61 Å². The average molecular weight is 466 g/mol. The highest BCUT2D eigenvalue weighted by molar-refractivity contribution is 7.96. The maximum atomic E-state index is 12.9. The van der Waals surface area contributed by atoms with E-state index in [1.54, 1.807) is 57.0 Å². The normalized spacial score (nSPS) is 21.4. The first-order valence-electron chi connectivity index (χ1n) is 10.6. The molecule has 0 aliphatic carbocycles. The summed E-state index contributed by atoms with van der Waals surface area (Å²) in [6.45, 7) is 8.48. The molecule has 0 saturated carbocycles. The summed E-state index contributed by atoms with van der Waals surface area (Å²) in [6, 6.07) is 6.79. The van der Waals surface area contributed by atoms with Gasteiger partial charge in [0.1, 0.15) is 5.60 Å². The Labute approximate surface area is 192 Å². The fourth-order valence-corrected chi connectivity index (χ4v) is 4.14. The van der Waals surface area contributed by atoms with Gasteiger partial charge in [-0.25, -0.2) is 9.10 Å². The third-order valence-corrected chi connectivity index (χ3v) is 6.15. The molecule has 10 heteroatoms. The number of aliphatic hydroxyl groups excluding tert-OH is 1. The topological polar surface area (TPSA) is 99.6 Å². The molecule has 0 radical (unpaired) electrons. The molecule has 0 aromatic heterocycles. The molecule has 2 unspecified atom stereocenters. The molecule has 32 heavy (non-hydrogen) atoms. The van der Waals surface area contributed by atoms with Gasteiger partial charge in [-0.2, -0.15) is 0 Å². The van der Waals surface area contributed by atoms with Gasteiger partial charge in [-0.05, 0) is 51.3 Å². The summed E-state index contributed by atoms with van der Waals surface area (Å²) in [6.07, 6.45) is -1.03.